The number of carbonyl (C=O) groups excluding carboxylic acids is 1. The minimum atomic E-state index is -3.69. The maximum absolute atomic E-state index is 12.3. The maximum Gasteiger partial charge on any atom is 0.250 e. The Morgan fingerprint density at radius 2 is 1.91 bits per heavy atom. The molecule has 1 amide bonds. The first kappa shape index (κ1) is 19.4. The second kappa shape index (κ2) is 8.82. The molecule has 1 rings (SSSR count). The third kappa shape index (κ3) is 5.47. The molecule has 0 saturated carbocycles. The molecule has 23 heavy (non-hydrogen) atoms. The summed E-state index contributed by atoms with van der Waals surface area (Å²) >= 11 is 0. The largest absolute Gasteiger partial charge is 0.495 e. The van der Waals surface area contributed by atoms with E-state index < -0.39 is 10.0 Å². The molecule has 0 unspecified atom stereocenters. The SMILES string of the molecule is COCCOCC(=O)Nc1ccc(OC)c(S(=O)(=O)N(C)C)c1. The highest BCUT2D eigenvalue weighted by atomic mass is 32.2. The molecule has 0 aromatic heterocycles. The Labute approximate surface area is 136 Å². The second-order valence-corrected chi connectivity index (χ2v) is 6.87. The summed E-state index contributed by atoms with van der Waals surface area (Å²) in [5, 5.41) is 2.58. The van der Waals surface area contributed by atoms with Gasteiger partial charge in [-0.1, -0.05) is 0 Å². The van der Waals surface area contributed by atoms with Crippen molar-refractivity contribution in [2.75, 3.05) is 53.5 Å². The zero-order valence-corrected chi connectivity index (χ0v) is 14.5. The predicted molar refractivity (Wildman–Crippen MR) is 85.2 cm³/mol. The molecule has 0 bridgehead atoms. The maximum atomic E-state index is 12.3. The minimum Gasteiger partial charge on any atom is -0.495 e. The van der Waals surface area contributed by atoms with E-state index in [1.807, 2.05) is 0 Å². The Balaban J connectivity index is 2.88. The summed E-state index contributed by atoms with van der Waals surface area (Å²) in [5.74, 6) is -0.187. The van der Waals surface area contributed by atoms with E-state index in [1.54, 1.807) is 6.07 Å². The number of carbonyl (C=O) groups is 1. The number of sulfonamides is 1. The highest BCUT2D eigenvalue weighted by Crippen LogP contribution is 2.28. The molecule has 1 aromatic rings. The fourth-order valence-electron chi connectivity index (χ4n) is 1.66. The smallest absolute Gasteiger partial charge is 0.250 e. The van der Waals surface area contributed by atoms with Gasteiger partial charge in [-0.05, 0) is 18.2 Å². The number of nitrogens with zero attached hydrogens (tertiary/aromatic N) is 1. The number of hydrogen-bond donors (Lipinski definition) is 1. The number of benzene rings is 1. The fourth-order valence-corrected chi connectivity index (χ4v) is 2.73. The van der Waals surface area contributed by atoms with Crippen LogP contribution in [-0.2, 0) is 24.3 Å². The third-order valence-corrected chi connectivity index (χ3v) is 4.71. The molecule has 0 aliphatic heterocycles. The summed E-state index contributed by atoms with van der Waals surface area (Å²) in [6, 6.07) is 4.39. The van der Waals surface area contributed by atoms with E-state index in [9.17, 15) is 13.2 Å². The van der Waals surface area contributed by atoms with Crippen LogP contribution < -0.4 is 10.1 Å². The van der Waals surface area contributed by atoms with E-state index in [1.165, 1.54) is 40.4 Å². The van der Waals surface area contributed by atoms with Crippen molar-refractivity contribution in [3.63, 3.8) is 0 Å². The van der Waals surface area contributed by atoms with Gasteiger partial charge in [0.1, 0.15) is 17.3 Å². The minimum absolute atomic E-state index is 0.0249. The second-order valence-electron chi connectivity index (χ2n) is 4.75. The van der Waals surface area contributed by atoms with Crippen LogP contribution in [0.2, 0.25) is 0 Å². The Morgan fingerprint density at radius 3 is 2.48 bits per heavy atom. The van der Waals surface area contributed by atoms with Crippen LogP contribution in [0.25, 0.3) is 0 Å². The normalized spacial score (nSPS) is 11.5. The van der Waals surface area contributed by atoms with Gasteiger partial charge in [0.05, 0.1) is 20.3 Å². The lowest BCUT2D eigenvalue weighted by Crippen LogP contribution is -2.23. The Kier molecular flexibility index (Phi) is 7.43. The molecule has 0 heterocycles. The Bertz CT molecular complexity index is 630. The molecule has 1 N–H and O–H groups in total. The summed E-state index contributed by atoms with van der Waals surface area (Å²) < 4.78 is 40.6. The first-order valence-electron chi connectivity index (χ1n) is 6.80. The molecule has 0 fully saturated rings. The van der Waals surface area contributed by atoms with Gasteiger partial charge >= 0.3 is 0 Å². The van der Waals surface area contributed by atoms with Crippen molar-refractivity contribution < 1.29 is 27.4 Å². The average Bonchev–Trinajstić information content (AvgIpc) is 2.51. The highest BCUT2D eigenvalue weighted by molar-refractivity contribution is 7.89. The van der Waals surface area contributed by atoms with Crippen LogP contribution in [0.4, 0.5) is 5.69 Å². The molecular formula is C14H22N2O6S. The van der Waals surface area contributed by atoms with Gasteiger partial charge in [0.2, 0.25) is 15.9 Å². The van der Waals surface area contributed by atoms with Crippen molar-refractivity contribution in [1.82, 2.24) is 4.31 Å². The summed E-state index contributed by atoms with van der Waals surface area (Å²) in [4.78, 5) is 11.7. The number of hydrogen-bond acceptors (Lipinski definition) is 6. The number of methoxy groups -OCH3 is 2. The Hall–Kier alpha value is -1.68. The molecule has 0 radical (unpaired) electrons. The summed E-state index contributed by atoms with van der Waals surface area (Å²) in [5.41, 5.74) is 0.339. The van der Waals surface area contributed by atoms with E-state index in [4.69, 9.17) is 14.2 Å². The Morgan fingerprint density at radius 1 is 1.22 bits per heavy atom. The van der Waals surface area contributed by atoms with E-state index in [2.05, 4.69) is 5.32 Å². The molecule has 0 spiro atoms. The van der Waals surface area contributed by atoms with Crippen LogP contribution in [0, 0.1) is 0 Å². The lowest BCUT2D eigenvalue weighted by atomic mass is 10.3. The quantitative estimate of drug-likeness (QED) is 0.656. The third-order valence-electron chi connectivity index (χ3n) is 2.87. The molecule has 0 atom stereocenters. The molecule has 0 aliphatic carbocycles. The van der Waals surface area contributed by atoms with Crippen LogP contribution >= 0.6 is 0 Å². The number of ether oxygens (including phenoxy) is 3. The molecule has 0 aliphatic rings. The summed E-state index contributed by atoms with van der Waals surface area (Å²) in [6.07, 6.45) is 0. The van der Waals surface area contributed by atoms with Crippen LogP contribution in [0.5, 0.6) is 5.75 Å². The van der Waals surface area contributed by atoms with E-state index in [-0.39, 0.29) is 23.2 Å². The number of amides is 1. The molecule has 8 nitrogen and oxygen atoms in total. The van der Waals surface area contributed by atoms with Crippen LogP contribution in [0.3, 0.4) is 0 Å². The van der Waals surface area contributed by atoms with E-state index >= 15 is 0 Å². The molecule has 9 heteroatoms. The van der Waals surface area contributed by atoms with Gasteiger partial charge in [-0.2, -0.15) is 0 Å². The van der Waals surface area contributed by atoms with Gasteiger partial charge < -0.3 is 19.5 Å². The lowest BCUT2D eigenvalue weighted by Gasteiger charge is -2.16. The van der Waals surface area contributed by atoms with Gasteiger partial charge in [-0.3, -0.25) is 4.79 Å². The highest BCUT2D eigenvalue weighted by Gasteiger charge is 2.23. The van der Waals surface area contributed by atoms with Crippen molar-refractivity contribution in [1.29, 1.82) is 0 Å². The van der Waals surface area contributed by atoms with Gasteiger partial charge in [-0.25, -0.2) is 12.7 Å². The van der Waals surface area contributed by atoms with Crippen LogP contribution in [-0.4, -0.2) is 66.8 Å². The van der Waals surface area contributed by atoms with Crippen LogP contribution in [0.1, 0.15) is 0 Å². The topological polar surface area (TPSA) is 94.2 Å². The zero-order valence-electron chi connectivity index (χ0n) is 13.7. The molecule has 0 saturated heterocycles. The van der Waals surface area contributed by atoms with Gasteiger partial charge in [0.25, 0.3) is 0 Å². The van der Waals surface area contributed by atoms with E-state index in [0.717, 1.165) is 4.31 Å². The van der Waals surface area contributed by atoms with E-state index in [0.29, 0.717) is 18.9 Å². The first-order chi connectivity index (χ1) is 10.8. The zero-order chi connectivity index (χ0) is 17.5. The average molecular weight is 346 g/mol. The molecular weight excluding hydrogens is 324 g/mol. The predicted octanol–water partition coefficient (Wildman–Crippen LogP) is 0.547. The first-order valence-corrected chi connectivity index (χ1v) is 8.24. The van der Waals surface area contributed by atoms with Crippen LogP contribution in [0.15, 0.2) is 23.1 Å². The van der Waals surface area contributed by atoms with Gasteiger partial charge in [-0.15, -0.1) is 0 Å². The lowest BCUT2D eigenvalue weighted by molar-refractivity contribution is -0.121. The number of nitrogens with one attached hydrogen (secondary N) is 1. The number of anilines is 1. The van der Waals surface area contributed by atoms with Gasteiger partial charge in [0, 0.05) is 26.9 Å². The summed E-state index contributed by atoms with van der Waals surface area (Å²) in [6.45, 7) is 0.541. The standard InChI is InChI=1S/C14H22N2O6S/c1-16(2)23(18,19)13-9-11(5-6-12(13)21-4)15-14(17)10-22-8-7-20-3/h5-6,9H,7-8,10H2,1-4H3,(H,15,17). The van der Waals surface area contributed by atoms with Crippen molar-refractivity contribution in [3.8, 4) is 5.75 Å². The number of rotatable bonds is 9. The van der Waals surface area contributed by atoms with Crippen molar-refractivity contribution in [2.45, 2.75) is 4.90 Å². The van der Waals surface area contributed by atoms with Crippen molar-refractivity contribution >= 4 is 21.6 Å². The fraction of sp³-hybridized carbons (Fsp3) is 0.500. The molecule has 130 valence electrons. The molecule has 1 aromatic carbocycles. The summed E-state index contributed by atoms with van der Waals surface area (Å²) in [7, 11) is 2.06. The van der Waals surface area contributed by atoms with Gasteiger partial charge in [0.15, 0.2) is 0 Å². The monoisotopic (exact) mass is 346 g/mol. The van der Waals surface area contributed by atoms with Crippen molar-refractivity contribution in [2.24, 2.45) is 0 Å². The van der Waals surface area contributed by atoms with Crippen molar-refractivity contribution in [3.05, 3.63) is 18.2 Å².